The SMILES string of the molecule is O=C(CC1CCC1)NCC1(O)CCCc2ccccc21. The summed E-state index contributed by atoms with van der Waals surface area (Å²) in [4.78, 5) is 11.9. The molecule has 1 saturated carbocycles. The molecule has 0 spiro atoms. The highest BCUT2D eigenvalue weighted by Gasteiger charge is 2.34. The van der Waals surface area contributed by atoms with E-state index in [1.165, 1.54) is 24.8 Å². The highest BCUT2D eigenvalue weighted by molar-refractivity contribution is 5.76. The Morgan fingerprint density at radius 3 is 2.85 bits per heavy atom. The number of fused-ring (bicyclic) bond motifs is 1. The Bertz CT molecular complexity index is 496. The quantitative estimate of drug-likeness (QED) is 0.885. The highest BCUT2D eigenvalue weighted by Crippen LogP contribution is 2.35. The summed E-state index contributed by atoms with van der Waals surface area (Å²) in [6, 6.07) is 8.05. The Labute approximate surface area is 120 Å². The molecule has 0 radical (unpaired) electrons. The summed E-state index contributed by atoms with van der Waals surface area (Å²) in [6.45, 7) is 0.343. The zero-order valence-corrected chi connectivity index (χ0v) is 11.9. The second kappa shape index (κ2) is 5.57. The first-order chi connectivity index (χ1) is 9.67. The minimum atomic E-state index is -0.885. The van der Waals surface area contributed by atoms with Crippen LogP contribution in [0.15, 0.2) is 24.3 Å². The Morgan fingerprint density at radius 2 is 2.10 bits per heavy atom. The molecule has 0 aliphatic heterocycles. The van der Waals surface area contributed by atoms with Gasteiger partial charge >= 0.3 is 0 Å². The maximum absolute atomic E-state index is 11.9. The molecule has 108 valence electrons. The van der Waals surface area contributed by atoms with Gasteiger partial charge in [0.15, 0.2) is 0 Å². The summed E-state index contributed by atoms with van der Waals surface area (Å²) in [5.41, 5.74) is 1.33. The lowest BCUT2D eigenvalue weighted by molar-refractivity contribution is -0.124. The van der Waals surface area contributed by atoms with E-state index >= 15 is 0 Å². The van der Waals surface area contributed by atoms with Crippen LogP contribution < -0.4 is 5.32 Å². The van der Waals surface area contributed by atoms with Gasteiger partial charge in [0.1, 0.15) is 5.60 Å². The van der Waals surface area contributed by atoms with Gasteiger partial charge in [-0.2, -0.15) is 0 Å². The van der Waals surface area contributed by atoms with Crippen molar-refractivity contribution in [3.63, 3.8) is 0 Å². The van der Waals surface area contributed by atoms with E-state index in [1.54, 1.807) is 0 Å². The summed E-state index contributed by atoms with van der Waals surface area (Å²) >= 11 is 0. The molecular formula is C17H23NO2. The van der Waals surface area contributed by atoms with E-state index in [4.69, 9.17) is 0 Å². The largest absolute Gasteiger partial charge is 0.383 e. The number of amides is 1. The van der Waals surface area contributed by atoms with Crippen molar-refractivity contribution in [1.29, 1.82) is 0 Å². The van der Waals surface area contributed by atoms with E-state index in [9.17, 15) is 9.90 Å². The fourth-order valence-corrected chi connectivity index (χ4v) is 3.36. The van der Waals surface area contributed by atoms with Crippen molar-refractivity contribution in [2.75, 3.05) is 6.54 Å². The van der Waals surface area contributed by atoms with Gasteiger partial charge in [-0.05, 0) is 49.1 Å². The van der Waals surface area contributed by atoms with Crippen molar-refractivity contribution < 1.29 is 9.90 Å². The number of nitrogens with one attached hydrogen (secondary N) is 1. The van der Waals surface area contributed by atoms with Crippen LogP contribution in [-0.4, -0.2) is 17.6 Å². The molecule has 1 unspecified atom stereocenters. The third kappa shape index (κ3) is 2.73. The Balaban J connectivity index is 1.63. The van der Waals surface area contributed by atoms with Gasteiger partial charge in [0.2, 0.25) is 5.91 Å². The molecule has 1 aromatic rings. The van der Waals surface area contributed by atoms with Crippen LogP contribution >= 0.6 is 0 Å². The second-order valence-corrected chi connectivity index (χ2v) is 6.32. The van der Waals surface area contributed by atoms with E-state index in [0.717, 1.165) is 24.8 Å². The number of carbonyl (C=O) groups excluding carboxylic acids is 1. The summed E-state index contributed by atoms with van der Waals surface area (Å²) in [5, 5.41) is 13.8. The molecule has 1 amide bonds. The van der Waals surface area contributed by atoms with E-state index in [1.807, 2.05) is 18.2 Å². The molecule has 1 atom stereocenters. The fourth-order valence-electron chi connectivity index (χ4n) is 3.36. The van der Waals surface area contributed by atoms with Crippen molar-refractivity contribution >= 4 is 5.91 Å². The average Bonchev–Trinajstić information content (AvgIpc) is 2.42. The van der Waals surface area contributed by atoms with E-state index in [2.05, 4.69) is 11.4 Å². The zero-order chi connectivity index (χ0) is 14.0. The topological polar surface area (TPSA) is 49.3 Å². The van der Waals surface area contributed by atoms with Crippen molar-refractivity contribution in [1.82, 2.24) is 5.32 Å². The second-order valence-electron chi connectivity index (χ2n) is 6.32. The number of aryl methyl sites for hydroxylation is 1. The van der Waals surface area contributed by atoms with E-state index < -0.39 is 5.60 Å². The van der Waals surface area contributed by atoms with E-state index in [0.29, 0.717) is 18.9 Å². The number of benzene rings is 1. The van der Waals surface area contributed by atoms with Gasteiger partial charge in [-0.1, -0.05) is 30.7 Å². The number of hydrogen-bond donors (Lipinski definition) is 2. The van der Waals surface area contributed by atoms with Crippen LogP contribution in [-0.2, 0) is 16.8 Å². The van der Waals surface area contributed by atoms with Crippen LogP contribution in [0.1, 0.15) is 49.7 Å². The number of hydrogen-bond acceptors (Lipinski definition) is 2. The molecule has 1 fully saturated rings. The standard InChI is InChI=1S/C17H23NO2/c19-16(11-13-5-3-6-13)18-12-17(20)10-4-8-14-7-1-2-9-15(14)17/h1-2,7,9,13,20H,3-6,8,10-12H2,(H,18,19). The third-order valence-corrected chi connectivity index (χ3v) is 4.83. The molecule has 2 aliphatic carbocycles. The van der Waals surface area contributed by atoms with Crippen molar-refractivity contribution in [3.8, 4) is 0 Å². The monoisotopic (exact) mass is 273 g/mol. The van der Waals surface area contributed by atoms with Gasteiger partial charge in [-0.25, -0.2) is 0 Å². The maximum atomic E-state index is 11.9. The van der Waals surface area contributed by atoms with Gasteiger partial charge in [0.25, 0.3) is 0 Å². The highest BCUT2D eigenvalue weighted by atomic mass is 16.3. The van der Waals surface area contributed by atoms with Crippen LogP contribution in [0, 0.1) is 5.92 Å². The minimum absolute atomic E-state index is 0.0891. The molecule has 2 N–H and O–H groups in total. The predicted octanol–water partition coefficient (Wildman–Crippen LogP) is 2.52. The van der Waals surface area contributed by atoms with Gasteiger partial charge < -0.3 is 10.4 Å². The average molecular weight is 273 g/mol. The van der Waals surface area contributed by atoms with Crippen LogP contribution in [0.4, 0.5) is 0 Å². The molecule has 0 aromatic heterocycles. The smallest absolute Gasteiger partial charge is 0.220 e. The number of carbonyl (C=O) groups is 1. The summed E-state index contributed by atoms with van der Waals surface area (Å²) in [7, 11) is 0. The Hall–Kier alpha value is -1.35. The van der Waals surface area contributed by atoms with Crippen molar-refractivity contribution in [2.45, 2.75) is 50.5 Å². The molecule has 0 bridgehead atoms. The third-order valence-electron chi connectivity index (χ3n) is 4.83. The lowest BCUT2D eigenvalue weighted by Gasteiger charge is -2.35. The molecule has 0 heterocycles. The number of aliphatic hydroxyl groups is 1. The Morgan fingerprint density at radius 1 is 1.30 bits per heavy atom. The Kier molecular flexibility index (Phi) is 3.79. The van der Waals surface area contributed by atoms with Crippen molar-refractivity contribution in [2.24, 2.45) is 5.92 Å². The van der Waals surface area contributed by atoms with Gasteiger partial charge in [0, 0.05) is 6.42 Å². The molecule has 3 rings (SSSR count). The predicted molar refractivity (Wildman–Crippen MR) is 78.2 cm³/mol. The molecular weight excluding hydrogens is 250 g/mol. The molecule has 2 aliphatic rings. The van der Waals surface area contributed by atoms with Crippen LogP contribution in [0.2, 0.25) is 0 Å². The zero-order valence-electron chi connectivity index (χ0n) is 11.9. The first-order valence-corrected chi connectivity index (χ1v) is 7.75. The first-order valence-electron chi connectivity index (χ1n) is 7.75. The minimum Gasteiger partial charge on any atom is -0.383 e. The molecule has 0 saturated heterocycles. The van der Waals surface area contributed by atoms with Crippen LogP contribution in [0.25, 0.3) is 0 Å². The molecule has 3 nitrogen and oxygen atoms in total. The first kappa shape index (κ1) is 13.6. The lowest BCUT2D eigenvalue weighted by atomic mass is 9.79. The molecule has 1 aromatic carbocycles. The van der Waals surface area contributed by atoms with Crippen LogP contribution in [0.5, 0.6) is 0 Å². The normalized spacial score (nSPS) is 25.6. The van der Waals surface area contributed by atoms with Crippen LogP contribution in [0.3, 0.4) is 0 Å². The molecule has 20 heavy (non-hydrogen) atoms. The van der Waals surface area contributed by atoms with E-state index in [-0.39, 0.29) is 5.91 Å². The summed E-state index contributed by atoms with van der Waals surface area (Å²) in [6.07, 6.45) is 6.97. The fraction of sp³-hybridized carbons (Fsp3) is 0.588. The lowest BCUT2D eigenvalue weighted by Crippen LogP contribution is -2.43. The number of rotatable bonds is 4. The summed E-state index contributed by atoms with van der Waals surface area (Å²) < 4.78 is 0. The van der Waals surface area contributed by atoms with Crippen molar-refractivity contribution in [3.05, 3.63) is 35.4 Å². The van der Waals surface area contributed by atoms with Gasteiger partial charge in [-0.15, -0.1) is 0 Å². The maximum Gasteiger partial charge on any atom is 0.220 e. The van der Waals surface area contributed by atoms with Gasteiger partial charge in [-0.3, -0.25) is 4.79 Å². The summed E-state index contributed by atoms with van der Waals surface area (Å²) in [5.74, 6) is 0.662. The molecule has 3 heteroatoms. The van der Waals surface area contributed by atoms with Gasteiger partial charge in [0.05, 0.1) is 6.54 Å².